The van der Waals surface area contributed by atoms with Crippen molar-refractivity contribution in [2.45, 2.75) is 25.8 Å². The van der Waals surface area contributed by atoms with Crippen molar-refractivity contribution in [3.05, 3.63) is 42.1 Å². The highest BCUT2D eigenvalue weighted by Crippen LogP contribution is 2.23. The summed E-state index contributed by atoms with van der Waals surface area (Å²) < 4.78 is 7.16. The van der Waals surface area contributed by atoms with Gasteiger partial charge in [-0.2, -0.15) is 5.10 Å². The normalized spacial score (nSPS) is 19.6. The smallest absolute Gasteiger partial charge is 0.257 e. The van der Waals surface area contributed by atoms with Crippen molar-refractivity contribution in [2.24, 2.45) is 0 Å². The zero-order valence-corrected chi connectivity index (χ0v) is 11.0. The monoisotopic (exact) mass is 259 g/mol. The Kier molecular flexibility index (Phi) is 3.11. The molecule has 0 spiro atoms. The van der Waals surface area contributed by atoms with Gasteiger partial charge in [0.05, 0.1) is 17.9 Å². The van der Waals surface area contributed by atoms with Crippen molar-refractivity contribution in [3.63, 3.8) is 0 Å². The molecule has 5 nitrogen and oxygen atoms in total. The molecule has 100 valence electrons. The molecule has 0 saturated carbocycles. The van der Waals surface area contributed by atoms with Crippen LogP contribution in [0.2, 0.25) is 0 Å². The summed E-state index contributed by atoms with van der Waals surface area (Å²) in [5, 5.41) is 4.27. The summed E-state index contributed by atoms with van der Waals surface area (Å²) in [6.45, 7) is 3.34. The van der Waals surface area contributed by atoms with Gasteiger partial charge in [-0.05, 0) is 31.9 Å². The van der Waals surface area contributed by atoms with Crippen LogP contribution in [0.4, 0.5) is 0 Å². The minimum Gasteiger partial charge on any atom is -0.469 e. The second kappa shape index (κ2) is 4.91. The first kappa shape index (κ1) is 12.0. The molecule has 1 fully saturated rings. The van der Waals surface area contributed by atoms with Gasteiger partial charge in [-0.15, -0.1) is 0 Å². The molecular weight excluding hydrogens is 242 g/mol. The first-order valence-electron chi connectivity index (χ1n) is 6.58. The molecule has 1 amide bonds. The maximum atomic E-state index is 12.4. The molecule has 3 heterocycles. The number of piperidine rings is 1. The van der Waals surface area contributed by atoms with Crippen LogP contribution in [0.1, 0.15) is 35.0 Å². The average Bonchev–Trinajstić information content (AvgIpc) is 3.09. The van der Waals surface area contributed by atoms with Crippen LogP contribution in [0.3, 0.4) is 0 Å². The van der Waals surface area contributed by atoms with E-state index in [1.54, 1.807) is 18.5 Å². The van der Waals surface area contributed by atoms with E-state index in [0.717, 1.165) is 19.4 Å². The second-order valence-corrected chi connectivity index (χ2v) is 4.92. The molecule has 0 N–H and O–H groups in total. The molecule has 5 heteroatoms. The Morgan fingerprint density at radius 2 is 2.42 bits per heavy atom. The minimum absolute atomic E-state index is 0.0584. The van der Waals surface area contributed by atoms with Crippen LogP contribution >= 0.6 is 0 Å². The standard InChI is InChI=1S/C14H17N3O2/c1-11-13(5-9-19-11)14(18)16-7-2-4-12(10-16)17-8-3-6-15-17/h3,5-6,8-9,12H,2,4,7,10H2,1H3. The number of carbonyl (C=O) groups excluding carboxylic acids is 1. The molecule has 1 unspecified atom stereocenters. The van der Waals surface area contributed by atoms with Gasteiger partial charge in [0.25, 0.3) is 5.91 Å². The van der Waals surface area contributed by atoms with E-state index in [1.165, 1.54) is 0 Å². The predicted molar refractivity (Wildman–Crippen MR) is 69.8 cm³/mol. The minimum atomic E-state index is 0.0584. The Morgan fingerprint density at radius 1 is 1.53 bits per heavy atom. The Hall–Kier alpha value is -2.04. The Morgan fingerprint density at radius 3 is 3.11 bits per heavy atom. The van der Waals surface area contributed by atoms with Gasteiger partial charge in [-0.25, -0.2) is 0 Å². The average molecular weight is 259 g/mol. The van der Waals surface area contributed by atoms with Gasteiger partial charge >= 0.3 is 0 Å². The maximum Gasteiger partial charge on any atom is 0.257 e. The lowest BCUT2D eigenvalue weighted by Gasteiger charge is -2.32. The molecule has 3 rings (SSSR count). The highest BCUT2D eigenvalue weighted by Gasteiger charge is 2.27. The summed E-state index contributed by atoms with van der Waals surface area (Å²) in [7, 11) is 0. The predicted octanol–water partition coefficient (Wildman–Crippen LogP) is 2.26. The first-order chi connectivity index (χ1) is 9.25. The molecular formula is C14H17N3O2. The van der Waals surface area contributed by atoms with Crippen LogP contribution < -0.4 is 0 Å². The number of amides is 1. The topological polar surface area (TPSA) is 51.3 Å². The number of aromatic nitrogens is 2. The van der Waals surface area contributed by atoms with Crippen molar-refractivity contribution in [1.82, 2.24) is 14.7 Å². The largest absolute Gasteiger partial charge is 0.469 e. The molecule has 0 aromatic carbocycles. The molecule has 1 aliphatic rings. The SMILES string of the molecule is Cc1occc1C(=O)N1CCCC(n2cccn2)C1. The molecule has 2 aromatic rings. The van der Waals surface area contributed by atoms with E-state index in [4.69, 9.17) is 4.42 Å². The molecule has 0 aliphatic carbocycles. The third kappa shape index (κ3) is 2.28. The van der Waals surface area contributed by atoms with Crippen LogP contribution in [0, 0.1) is 6.92 Å². The number of furan rings is 1. The van der Waals surface area contributed by atoms with Gasteiger partial charge in [-0.3, -0.25) is 9.48 Å². The molecule has 0 radical (unpaired) electrons. The Bertz CT molecular complexity index is 559. The van der Waals surface area contributed by atoms with E-state index in [0.29, 0.717) is 17.9 Å². The van der Waals surface area contributed by atoms with Gasteiger partial charge < -0.3 is 9.32 Å². The number of hydrogen-bond acceptors (Lipinski definition) is 3. The molecule has 1 atom stereocenters. The lowest BCUT2D eigenvalue weighted by atomic mass is 10.0. The zero-order chi connectivity index (χ0) is 13.2. The van der Waals surface area contributed by atoms with Crippen molar-refractivity contribution >= 4 is 5.91 Å². The fraction of sp³-hybridized carbons (Fsp3) is 0.429. The third-order valence-corrected chi connectivity index (χ3v) is 3.67. The van der Waals surface area contributed by atoms with Gasteiger partial charge in [0.15, 0.2) is 0 Å². The summed E-state index contributed by atoms with van der Waals surface area (Å²) in [4.78, 5) is 14.3. The molecule has 0 bridgehead atoms. The van der Waals surface area contributed by atoms with Gasteiger partial charge in [0.1, 0.15) is 5.76 Å². The number of aryl methyl sites for hydroxylation is 1. The summed E-state index contributed by atoms with van der Waals surface area (Å²) in [6.07, 6.45) is 7.38. The number of carbonyl (C=O) groups is 1. The van der Waals surface area contributed by atoms with E-state index in [9.17, 15) is 4.79 Å². The fourth-order valence-electron chi connectivity index (χ4n) is 2.63. The quantitative estimate of drug-likeness (QED) is 0.831. The van der Waals surface area contributed by atoms with Crippen LogP contribution in [0.25, 0.3) is 0 Å². The van der Waals surface area contributed by atoms with E-state index >= 15 is 0 Å². The lowest BCUT2D eigenvalue weighted by Crippen LogP contribution is -2.40. The summed E-state index contributed by atoms with van der Waals surface area (Å²) in [5.74, 6) is 0.745. The number of hydrogen-bond donors (Lipinski definition) is 0. The second-order valence-electron chi connectivity index (χ2n) is 4.92. The van der Waals surface area contributed by atoms with Crippen molar-refractivity contribution in [1.29, 1.82) is 0 Å². The Labute approximate surface area is 111 Å². The number of rotatable bonds is 2. The van der Waals surface area contributed by atoms with Crippen LogP contribution in [-0.4, -0.2) is 33.7 Å². The third-order valence-electron chi connectivity index (χ3n) is 3.67. The number of nitrogens with zero attached hydrogens (tertiary/aromatic N) is 3. The van der Waals surface area contributed by atoms with Gasteiger partial charge in [-0.1, -0.05) is 0 Å². The maximum absolute atomic E-state index is 12.4. The summed E-state index contributed by atoms with van der Waals surface area (Å²) in [6, 6.07) is 3.94. The van der Waals surface area contributed by atoms with Crippen LogP contribution in [-0.2, 0) is 0 Å². The van der Waals surface area contributed by atoms with E-state index in [1.807, 2.05) is 28.8 Å². The first-order valence-corrected chi connectivity index (χ1v) is 6.58. The Balaban J connectivity index is 1.75. The molecule has 1 aliphatic heterocycles. The molecule has 2 aromatic heterocycles. The van der Waals surface area contributed by atoms with E-state index in [2.05, 4.69) is 5.10 Å². The van der Waals surface area contributed by atoms with Gasteiger partial charge in [0, 0.05) is 25.5 Å². The van der Waals surface area contributed by atoms with Crippen LogP contribution in [0.5, 0.6) is 0 Å². The van der Waals surface area contributed by atoms with Crippen molar-refractivity contribution in [2.75, 3.05) is 13.1 Å². The summed E-state index contributed by atoms with van der Waals surface area (Å²) in [5.41, 5.74) is 0.668. The lowest BCUT2D eigenvalue weighted by molar-refractivity contribution is 0.0671. The highest BCUT2D eigenvalue weighted by molar-refractivity contribution is 5.95. The van der Waals surface area contributed by atoms with Crippen LogP contribution in [0.15, 0.2) is 35.2 Å². The summed E-state index contributed by atoms with van der Waals surface area (Å²) >= 11 is 0. The highest BCUT2D eigenvalue weighted by atomic mass is 16.3. The van der Waals surface area contributed by atoms with E-state index in [-0.39, 0.29) is 11.9 Å². The van der Waals surface area contributed by atoms with Crippen molar-refractivity contribution in [3.8, 4) is 0 Å². The van der Waals surface area contributed by atoms with E-state index < -0.39 is 0 Å². The number of likely N-dealkylation sites (tertiary alicyclic amines) is 1. The zero-order valence-electron chi connectivity index (χ0n) is 11.0. The molecule has 19 heavy (non-hydrogen) atoms. The molecule has 1 saturated heterocycles. The fourth-order valence-corrected chi connectivity index (χ4v) is 2.63. The van der Waals surface area contributed by atoms with Crippen molar-refractivity contribution < 1.29 is 9.21 Å². The van der Waals surface area contributed by atoms with Gasteiger partial charge in [0.2, 0.25) is 0 Å².